The van der Waals surface area contributed by atoms with Gasteiger partial charge in [-0.1, -0.05) is 0 Å². The Labute approximate surface area is 85.2 Å². The molecule has 2 fully saturated rings. The van der Waals surface area contributed by atoms with Crippen molar-refractivity contribution in [1.29, 1.82) is 0 Å². The van der Waals surface area contributed by atoms with Crippen LogP contribution >= 0.6 is 0 Å². The maximum absolute atomic E-state index is 11.2. The molecule has 7 heteroatoms. The van der Waals surface area contributed by atoms with Gasteiger partial charge in [0.05, 0.1) is 6.61 Å². The van der Waals surface area contributed by atoms with Crippen LogP contribution in [0.2, 0.25) is 0 Å². The van der Waals surface area contributed by atoms with Crippen molar-refractivity contribution in [2.45, 2.75) is 31.5 Å². The fourth-order valence-electron chi connectivity index (χ4n) is 1.63. The minimum Gasteiger partial charge on any atom is -0.450 e. The van der Waals surface area contributed by atoms with E-state index in [1.165, 1.54) is 0 Å². The molecule has 2 saturated heterocycles. The van der Waals surface area contributed by atoms with E-state index in [4.69, 9.17) is 19.3 Å². The lowest BCUT2D eigenvalue weighted by Gasteiger charge is -2.33. The summed E-state index contributed by atoms with van der Waals surface area (Å²) in [5.74, 6) is -1.63. The number of rotatable bonds is 1. The predicted octanol–water partition coefficient (Wildman–Crippen LogP) is -2.22. The van der Waals surface area contributed by atoms with Crippen LogP contribution in [0, 0.1) is 0 Å². The number of carbonyl (C=O) groups excluding carboxylic acids is 2. The van der Waals surface area contributed by atoms with Crippen molar-refractivity contribution >= 4 is 11.8 Å². The quantitative estimate of drug-likeness (QED) is 0.395. The third kappa shape index (κ3) is 1.86. The molecule has 0 aromatic carbocycles. The van der Waals surface area contributed by atoms with Gasteiger partial charge in [0.15, 0.2) is 18.5 Å². The highest BCUT2D eigenvalue weighted by atomic mass is 16.7. The van der Waals surface area contributed by atoms with Crippen LogP contribution in [-0.2, 0) is 23.8 Å². The van der Waals surface area contributed by atoms with Crippen molar-refractivity contribution in [2.24, 2.45) is 0 Å². The summed E-state index contributed by atoms with van der Waals surface area (Å²) in [5.41, 5.74) is 0. The Morgan fingerprint density at radius 3 is 2.60 bits per heavy atom. The highest BCUT2D eigenvalue weighted by Crippen LogP contribution is 2.27. The topological polar surface area (TPSA) is 114 Å². The molecule has 0 aliphatic carbocycles. The Bertz CT molecular complexity index is 276. The number of ketones is 1. The number of carbonyl (C=O) groups is 2. The Morgan fingerprint density at radius 2 is 2.00 bits per heavy atom. The number of Topliss-reactive ketones (excluding diaryl/α,β-unsaturated/α-hetero) is 1. The number of fused-ring (bicyclic) bond motifs is 1. The van der Waals surface area contributed by atoms with Crippen LogP contribution in [0.25, 0.3) is 0 Å². The van der Waals surface area contributed by atoms with Crippen molar-refractivity contribution in [3.05, 3.63) is 0 Å². The van der Waals surface area contributed by atoms with Gasteiger partial charge in [0.2, 0.25) is 0 Å². The molecule has 0 saturated carbocycles. The smallest absolute Gasteiger partial charge is 0.378 e. The summed E-state index contributed by atoms with van der Waals surface area (Å²) in [6, 6.07) is 0. The zero-order chi connectivity index (χ0) is 10.3. The second kappa shape index (κ2) is 4.23. The van der Waals surface area contributed by atoms with Gasteiger partial charge in [0.1, 0.15) is 6.10 Å². The number of ether oxygens (including phenoxy) is 3. The minimum atomic E-state index is -0.927. The second-order valence-electron chi connectivity index (χ2n) is 3.22. The summed E-state index contributed by atoms with van der Waals surface area (Å²) >= 11 is 0. The zero-order valence-corrected chi connectivity index (χ0v) is 8.00. The van der Waals surface area contributed by atoms with E-state index >= 15 is 0 Å². The molecule has 0 aromatic heterocycles. The number of aliphatic hydroxyl groups excluding tert-OH is 1. The third-order valence-electron chi connectivity index (χ3n) is 2.25. The summed E-state index contributed by atoms with van der Waals surface area (Å²) < 4.78 is 15.0. The van der Waals surface area contributed by atoms with Crippen LogP contribution in [-0.4, -0.2) is 53.5 Å². The van der Waals surface area contributed by atoms with E-state index in [1.807, 2.05) is 0 Å². The SMILES string of the molecule is CC1O[C@@H](CO)[C@H]2OC(=O)C(=O)[C@H]2O1.O. The van der Waals surface area contributed by atoms with E-state index in [1.54, 1.807) is 6.92 Å². The van der Waals surface area contributed by atoms with E-state index in [9.17, 15) is 9.59 Å². The fraction of sp³-hybridized carbons (Fsp3) is 0.750. The molecular formula is C8H12O7. The first kappa shape index (κ1) is 12.1. The van der Waals surface area contributed by atoms with Crippen LogP contribution in [0.3, 0.4) is 0 Å². The van der Waals surface area contributed by atoms with Gasteiger partial charge in [0.25, 0.3) is 5.78 Å². The van der Waals surface area contributed by atoms with E-state index < -0.39 is 36.4 Å². The Morgan fingerprint density at radius 1 is 1.33 bits per heavy atom. The van der Waals surface area contributed by atoms with Crippen molar-refractivity contribution in [3.63, 3.8) is 0 Å². The number of hydrogen-bond donors (Lipinski definition) is 1. The summed E-state index contributed by atoms with van der Waals surface area (Å²) in [7, 11) is 0. The van der Waals surface area contributed by atoms with Crippen LogP contribution in [0.4, 0.5) is 0 Å². The van der Waals surface area contributed by atoms with Crippen molar-refractivity contribution in [2.75, 3.05) is 6.61 Å². The van der Waals surface area contributed by atoms with E-state index in [2.05, 4.69) is 0 Å². The van der Waals surface area contributed by atoms with Crippen molar-refractivity contribution < 1.29 is 34.4 Å². The molecule has 2 aliphatic rings. The maximum atomic E-state index is 11.2. The highest BCUT2D eigenvalue weighted by molar-refractivity contribution is 6.37. The molecule has 0 amide bonds. The van der Waals surface area contributed by atoms with Crippen LogP contribution in [0.1, 0.15) is 6.92 Å². The van der Waals surface area contributed by atoms with Crippen LogP contribution < -0.4 is 0 Å². The monoisotopic (exact) mass is 220 g/mol. The molecule has 0 spiro atoms. The lowest BCUT2D eigenvalue weighted by atomic mass is 10.1. The molecular weight excluding hydrogens is 208 g/mol. The zero-order valence-electron chi connectivity index (χ0n) is 8.00. The maximum Gasteiger partial charge on any atom is 0.378 e. The Balaban J connectivity index is 0.00000112. The number of hydrogen-bond acceptors (Lipinski definition) is 6. The molecule has 0 bridgehead atoms. The van der Waals surface area contributed by atoms with Crippen LogP contribution in [0.5, 0.6) is 0 Å². The molecule has 2 aliphatic heterocycles. The summed E-state index contributed by atoms with van der Waals surface area (Å²) in [5, 5.41) is 8.95. The molecule has 2 rings (SSSR count). The Hall–Kier alpha value is -1.02. The van der Waals surface area contributed by atoms with Gasteiger partial charge < -0.3 is 24.8 Å². The summed E-state index contributed by atoms with van der Waals surface area (Å²) in [4.78, 5) is 22.1. The first-order valence-electron chi connectivity index (χ1n) is 4.30. The normalized spacial score (nSPS) is 39.3. The lowest BCUT2D eigenvalue weighted by molar-refractivity contribution is -0.265. The first-order chi connectivity index (χ1) is 6.63. The average Bonchev–Trinajstić information content (AvgIpc) is 2.43. The molecule has 7 nitrogen and oxygen atoms in total. The fourth-order valence-corrected chi connectivity index (χ4v) is 1.63. The standard InChI is InChI=1S/C8H10O6.H2O/c1-3-12-4(2-9)6-7(13-3)5(10)8(11)14-6;/h3-4,6-7,9H,2H2,1H3;1H2/t3?,4-,6+,7+;/m0./s1. The summed E-state index contributed by atoms with van der Waals surface area (Å²) in [6.45, 7) is 1.28. The van der Waals surface area contributed by atoms with E-state index in [0.29, 0.717) is 0 Å². The minimum absolute atomic E-state index is 0. The largest absolute Gasteiger partial charge is 0.450 e. The van der Waals surface area contributed by atoms with Gasteiger partial charge in [-0.05, 0) is 6.92 Å². The molecule has 1 unspecified atom stereocenters. The van der Waals surface area contributed by atoms with Gasteiger partial charge in [-0.25, -0.2) is 4.79 Å². The van der Waals surface area contributed by atoms with Crippen molar-refractivity contribution in [3.8, 4) is 0 Å². The van der Waals surface area contributed by atoms with Gasteiger partial charge in [-0.2, -0.15) is 0 Å². The van der Waals surface area contributed by atoms with E-state index in [-0.39, 0.29) is 12.1 Å². The highest BCUT2D eigenvalue weighted by Gasteiger charge is 2.52. The van der Waals surface area contributed by atoms with Crippen LogP contribution in [0.15, 0.2) is 0 Å². The molecule has 15 heavy (non-hydrogen) atoms. The third-order valence-corrected chi connectivity index (χ3v) is 2.25. The average molecular weight is 220 g/mol. The number of aliphatic hydroxyl groups is 1. The lowest BCUT2D eigenvalue weighted by Crippen LogP contribution is -2.50. The van der Waals surface area contributed by atoms with Gasteiger partial charge in [-0.15, -0.1) is 0 Å². The molecule has 3 N–H and O–H groups in total. The first-order valence-corrected chi connectivity index (χ1v) is 4.30. The van der Waals surface area contributed by atoms with Gasteiger partial charge in [0, 0.05) is 0 Å². The van der Waals surface area contributed by atoms with E-state index in [0.717, 1.165) is 0 Å². The Kier molecular flexibility index (Phi) is 3.40. The predicted molar refractivity (Wildman–Crippen MR) is 44.8 cm³/mol. The van der Waals surface area contributed by atoms with Gasteiger partial charge in [-0.3, -0.25) is 4.79 Å². The molecule has 86 valence electrons. The van der Waals surface area contributed by atoms with Gasteiger partial charge >= 0.3 is 5.97 Å². The molecule has 2 heterocycles. The molecule has 0 aromatic rings. The number of esters is 1. The molecule has 4 atom stereocenters. The van der Waals surface area contributed by atoms with Crippen molar-refractivity contribution in [1.82, 2.24) is 0 Å². The second-order valence-corrected chi connectivity index (χ2v) is 3.22. The summed E-state index contributed by atoms with van der Waals surface area (Å²) in [6.07, 6.45) is -3.04. The molecule has 0 radical (unpaired) electrons.